The van der Waals surface area contributed by atoms with E-state index in [4.69, 9.17) is 4.74 Å². The highest BCUT2D eigenvalue weighted by Gasteiger charge is 2.37. The van der Waals surface area contributed by atoms with Crippen molar-refractivity contribution >= 4 is 47.0 Å². The summed E-state index contributed by atoms with van der Waals surface area (Å²) >= 11 is 3.31. The number of carbonyl (C=O) groups is 2. The monoisotopic (exact) mass is 468 g/mol. The van der Waals surface area contributed by atoms with Gasteiger partial charge in [-0.1, -0.05) is 19.6 Å². The van der Waals surface area contributed by atoms with Crippen molar-refractivity contribution in [3.8, 4) is 0 Å². The van der Waals surface area contributed by atoms with E-state index >= 15 is 0 Å². The summed E-state index contributed by atoms with van der Waals surface area (Å²) in [6.07, 6.45) is 0.485. The van der Waals surface area contributed by atoms with Crippen molar-refractivity contribution in [1.29, 1.82) is 0 Å². The Morgan fingerprint density at radius 1 is 1.25 bits per heavy atom. The first kappa shape index (κ1) is 20.9. The number of carbonyl (C=O) groups excluding carboxylic acids is 2. The summed E-state index contributed by atoms with van der Waals surface area (Å²) in [5.74, 6) is -0.662. The summed E-state index contributed by atoms with van der Waals surface area (Å²) in [7, 11) is 0.365. The molecule has 28 heavy (non-hydrogen) atoms. The van der Waals surface area contributed by atoms with Crippen molar-refractivity contribution in [3.05, 3.63) is 27.2 Å². The van der Waals surface area contributed by atoms with Crippen molar-refractivity contribution in [3.63, 3.8) is 0 Å². The van der Waals surface area contributed by atoms with E-state index in [9.17, 15) is 14.4 Å². The Morgan fingerprint density at radius 2 is 1.96 bits per heavy atom. The Hall–Kier alpha value is -1.78. The average Bonchev–Trinajstić information content (AvgIpc) is 2.85. The molecule has 1 fully saturated rings. The Labute approximate surface area is 172 Å². The van der Waals surface area contributed by atoms with Crippen LogP contribution in [0.1, 0.15) is 18.9 Å². The molecule has 0 saturated carbocycles. The topological polar surface area (TPSA) is 86.4 Å². The Bertz CT molecular complexity index is 978. The minimum Gasteiger partial charge on any atom is -0.361 e. The lowest BCUT2D eigenvalue weighted by atomic mass is 10.0. The van der Waals surface area contributed by atoms with E-state index in [1.54, 1.807) is 19.2 Å². The normalized spacial score (nSPS) is 18.3. The zero-order valence-corrected chi connectivity index (χ0v) is 19.2. The highest BCUT2D eigenvalue weighted by Crippen LogP contribution is 2.27. The molecular formula is C18H25BrN4O4Si. The number of nitrogens with zero attached hydrogens (tertiary/aromatic N) is 4. The number of likely N-dealkylation sites (tertiary alicyclic amines) is 1. The molecule has 0 spiro atoms. The first-order valence-electron chi connectivity index (χ1n) is 9.25. The van der Waals surface area contributed by atoms with Crippen LogP contribution >= 0.6 is 15.9 Å². The zero-order chi connectivity index (χ0) is 20.6. The number of aryl methyl sites for hydroxylation is 1. The molecule has 0 aliphatic carbocycles. The molecule has 1 atom stereocenters. The molecule has 8 nitrogen and oxygen atoms in total. The molecular weight excluding hydrogens is 444 g/mol. The molecule has 10 heteroatoms. The second-order valence-electron chi connectivity index (χ2n) is 8.25. The van der Waals surface area contributed by atoms with E-state index in [1.807, 2.05) is 0 Å². The lowest BCUT2D eigenvalue weighted by Crippen LogP contribution is -2.48. The molecule has 3 rings (SSSR count). The van der Waals surface area contributed by atoms with E-state index < -0.39 is 20.0 Å². The number of pyridine rings is 1. The number of ether oxygens (including phenoxy) is 1. The fourth-order valence-electron chi connectivity index (χ4n) is 3.24. The maximum Gasteiger partial charge on any atom is 0.330 e. The third-order valence-corrected chi connectivity index (χ3v) is 7.05. The molecule has 3 heterocycles. The van der Waals surface area contributed by atoms with Crippen molar-refractivity contribution < 1.29 is 14.3 Å². The van der Waals surface area contributed by atoms with Crippen LogP contribution in [0.4, 0.5) is 0 Å². The van der Waals surface area contributed by atoms with Crippen LogP contribution in [0.5, 0.6) is 0 Å². The summed E-state index contributed by atoms with van der Waals surface area (Å²) in [5, 5.41) is 0. The number of piperidine rings is 1. The largest absolute Gasteiger partial charge is 0.361 e. The average molecular weight is 469 g/mol. The smallest absolute Gasteiger partial charge is 0.330 e. The maximum atomic E-state index is 13.0. The lowest BCUT2D eigenvalue weighted by Gasteiger charge is -2.31. The molecule has 2 aromatic rings. The van der Waals surface area contributed by atoms with Gasteiger partial charge >= 0.3 is 5.69 Å². The Morgan fingerprint density at radius 3 is 2.64 bits per heavy atom. The number of imide groups is 1. The van der Waals surface area contributed by atoms with Crippen LogP contribution in [0.2, 0.25) is 25.7 Å². The number of hydrogen-bond acceptors (Lipinski definition) is 5. The number of amides is 2. The molecule has 1 unspecified atom stereocenters. The molecule has 2 amide bonds. The van der Waals surface area contributed by atoms with Gasteiger partial charge in [0, 0.05) is 28.1 Å². The van der Waals surface area contributed by atoms with Gasteiger partial charge < -0.3 is 4.74 Å². The maximum absolute atomic E-state index is 13.0. The second kappa shape index (κ2) is 7.92. The first-order chi connectivity index (χ1) is 13.1. The summed E-state index contributed by atoms with van der Waals surface area (Å²) in [6.45, 7) is 7.17. The van der Waals surface area contributed by atoms with Gasteiger partial charge in [0.1, 0.15) is 17.4 Å². The standard InChI is InChI=1S/C18H25BrN4O4Si/c1-21-16-12(5-7-14(19)20-16)23(18(21)26)13-6-8-15(24)22(17(13)25)11-27-9-10-28(2,3)4/h5,7,13H,6,8-11H2,1-4H3. The fourth-order valence-corrected chi connectivity index (χ4v) is 4.30. The van der Waals surface area contributed by atoms with Gasteiger partial charge in [-0.2, -0.15) is 0 Å². The quantitative estimate of drug-likeness (QED) is 0.281. The number of hydrogen-bond donors (Lipinski definition) is 0. The predicted molar refractivity (Wildman–Crippen MR) is 112 cm³/mol. The molecule has 0 radical (unpaired) electrons. The summed E-state index contributed by atoms with van der Waals surface area (Å²) < 4.78 is 9.09. The minimum atomic E-state index is -1.26. The van der Waals surface area contributed by atoms with Gasteiger partial charge in [0.05, 0.1) is 5.52 Å². The zero-order valence-electron chi connectivity index (χ0n) is 16.6. The highest BCUT2D eigenvalue weighted by molar-refractivity contribution is 9.10. The van der Waals surface area contributed by atoms with Crippen LogP contribution in [0.25, 0.3) is 11.2 Å². The number of imidazole rings is 1. The first-order valence-corrected chi connectivity index (χ1v) is 13.8. The van der Waals surface area contributed by atoms with Gasteiger partial charge in [0.15, 0.2) is 5.65 Å². The van der Waals surface area contributed by atoms with Crippen LogP contribution in [-0.4, -0.2) is 52.2 Å². The SMILES string of the molecule is Cn1c(=O)n(C2CCC(=O)N(COCC[Si](C)(C)C)C2=O)c2ccc(Br)nc21. The van der Waals surface area contributed by atoms with Crippen molar-refractivity contribution in [2.45, 2.75) is 44.6 Å². The van der Waals surface area contributed by atoms with Gasteiger partial charge in [-0.25, -0.2) is 9.78 Å². The van der Waals surface area contributed by atoms with E-state index in [1.165, 1.54) is 9.13 Å². The fraction of sp³-hybridized carbons (Fsp3) is 0.556. The van der Waals surface area contributed by atoms with Gasteiger partial charge in [-0.3, -0.25) is 23.6 Å². The van der Waals surface area contributed by atoms with Crippen LogP contribution in [0, 0.1) is 0 Å². The van der Waals surface area contributed by atoms with Crippen LogP contribution < -0.4 is 5.69 Å². The molecule has 2 aromatic heterocycles. The lowest BCUT2D eigenvalue weighted by molar-refractivity contribution is -0.157. The minimum absolute atomic E-state index is 0.0675. The van der Waals surface area contributed by atoms with E-state index in [2.05, 4.69) is 40.6 Å². The van der Waals surface area contributed by atoms with E-state index in [-0.39, 0.29) is 31.2 Å². The summed E-state index contributed by atoms with van der Waals surface area (Å²) in [5.41, 5.74) is 0.734. The third-order valence-electron chi connectivity index (χ3n) is 4.90. The Kier molecular flexibility index (Phi) is 5.92. The molecule has 1 aliphatic rings. The van der Waals surface area contributed by atoms with Crippen molar-refractivity contribution in [2.75, 3.05) is 13.3 Å². The molecule has 1 aliphatic heterocycles. The number of rotatable bonds is 6. The van der Waals surface area contributed by atoms with Gasteiger partial charge in [-0.15, -0.1) is 0 Å². The highest BCUT2D eigenvalue weighted by atomic mass is 79.9. The summed E-state index contributed by atoms with van der Waals surface area (Å²) in [6, 6.07) is 3.70. The number of fused-ring (bicyclic) bond motifs is 1. The van der Waals surface area contributed by atoms with E-state index in [0.29, 0.717) is 22.4 Å². The Balaban J connectivity index is 1.85. The van der Waals surface area contributed by atoms with Crippen molar-refractivity contribution in [1.82, 2.24) is 19.0 Å². The molecule has 0 N–H and O–H groups in total. The van der Waals surface area contributed by atoms with E-state index in [0.717, 1.165) is 10.9 Å². The molecule has 0 bridgehead atoms. The second-order valence-corrected chi connectivity index (χ2v) is 14.7. The predicted octanol–water partition coefficient (Wildman–Crippen LogP) is 2.50. The van der Waals surface area contributed by atoms with Crippen LogP contribution in [-0.2, 0) is 21.4 Å². The van der Waals surface area contributed by atoms with Gasteiger partial charge in [0.25, 0.3) is 5.91 Å². The molecule has 0 aromatic carbocycles. The van der Waals surface area contributed by atoms with Crippen LogP contribution in [0.3, 0.4) is 0 Å². The third kappa shape index (κ3) is 4.13. The summed E-state index contributed by atoms with van der Waals surface area (Å²) in [4.78, 5) is 43.6. The molecule has 1 saturated heterocycles. The van der Waals surface area contributed by atoms with Gasteiger partial charge in [-0.05, 0) is 40.5 Å². The van der Waals surface area contributed by atoms with Gasteiger partial charge in [0.2, 0.25) is 5.91 Å². The van der Waals surface area contributed by atoms with Crippen LogP contribution in [0.15, 0.2) is 21.5 Å². The number of halogens is 1. The van der Waals surface area contributed by atoms with Crippen molar-refractivity contribution in [2.24, 2.45) is 7.05 Å². The molecule has 152 valence electrons. The number of aromatic nitrogens is 3.